The number of nitrogens with zero attached hydrogens (tertiary/aromatic N) is 5. The number of halogens is 3. The SMILES string of the molecule is COC(=O)C(C)(C)COc1ccc(-c2ccc(-c3nc(C(F)(F)F)n(COCC[C@H](C)C(C)C)n3)cn2)cn1. The largest absolute Gasteiger partial charge is 0.476 e. The van der Waals surface area contributed by atoms with E-state index in [9.17, 15) is 18.0 Å². The summed E-state index contributed by atoms with van der Waals surface area (Å²) in [6.45, 7) is 9.72. The van der Waals surface area contributed by atoms with Crippen LogP contribution in [0.3, 0.4) is 0 Å². The number of alkyl halides is 3. The number of hydrogen-bond donors (Lipinski definition) is 0. The second-order valence-corrected chi connectivity index (χ2v) is 10.3. The molecule has 39 heavy (non-hydrogen) atoms. The molecule has 0 fully saturated rings. The third-order valence-electron chi connectivity index (χ3n) is 6.37. The number of carbonyl (C=O) groups is 1. The standard InChI is InChI=1S/C27H34F3N5O4/c1-17(2)18(3)11-12-38-16-35-24(27(28,29)30)33-23(34-35)20-7-9-21(31-14-20)19-8-10-22(32-13-19)39-15-26(4,5)25(36)37-6/h7-10,13-14,17-18H,11-12,15-16H2,1-6H3/t18-/m0/s1. The fraction of sp³-hybridized carbons (Fsp3) is 0.519. The van der Waals surface area contributed by atoms with Crippen LogP contribution >= 0.6 is 0 Å². The third-order valence-corrected chi connectivity index (χ3v) is 6.37. The molecule has 0 aliphatic heterocycles. The van der Waals surface area contributed by atoms with Crippen LogP contribution in [0, 0.1) is 17.3 Å². The molecule has 9 nitrogen and oxygen atoms in total. The van der Waals surface area contributed by atoms with Crippen molar-refractivity contribution >= 4 is 5.97 Å². The third kappa shape index (κ3) is 7.98. The Morgan fingerprint density at radius 2 is 1.72 bits per heavy atom. The highest BCUT2D eigenvalue weighted by Gasteiger charge is 2.38. The van der Waals surface area contributed by atoms with E-state index in [1.807, 2.05) is 0 Å². The smallest absolute Gasteiger partial charge is 0.451 e. The molecule has 0 saturated heterocycles. The maximum Gasteiger partial charge on any atom is 0.451 e. The van der Waals surface area contributed by atoms with Gasteiger partial charge in [0.15, 0.2) is 5.82 Å². The topological polar surface area (TPSA) is 101 Å². The molecule has 0 aromatic carbocycles. The normalized spacial score (nSPS) is 13.0. The lowest BCUT2D eigenvalue weighted by Crippen LogP contribution is -2.32. The fourth-order valence-corrected chi connectivity index (χ4v) is 3.42. The molecule has 0 bridgehead atoms. The minimum absolute atomic E-state index is 0.0840. The van der Waals surface area contributed by atoms with Gasteiger partial charge in [0.1, 0.15) is 13.3 Å². The van der Waals surface area contributed by atoms with Gasteiger partial charge in [-0.2, -0.15) is 13.2 Å². The first-order chi connectivity index (χ1) is 18.3. The van der Waals surface area contributed by atoms with Crippen molar-refractivity contribution in [3.8, 4) is 28.5 Å². The Morgan fingerprint density at radius 3 is 2.28 bits per heavy atom. The maximum atomic E-state index is 13.6. The summed E-state index contributed by atoms with van der Waals surface area (Å²) < 4.78 is 57.3. The lowest BCUT2D eigenvalue weighted by Gasteiger charge is -2.21. The summed E-state index contributed by atoms with van der Waals surface area (Å²) in [5.74, 6) is -0.457. The molecule has 0 aliphatic carbocycles. The Bertz CT molecular complexity index is 1230. The van der Waals surface area contributed by atoms with E-state index in [0.717, 1.165) is 11.1 Å². The van der Waals surface area contributed by atoms with Gasteiger partial charge in [0.25, 0.3) is 0 Å². The minimum atomic E-state index is -4.69. The van der Waals surface area contributed by atoms with E-state index in [4.69, 9.17) is 14.2 Å². The van der Waals surface area contributed by atoms with Crippen molar-refractivity contribution in [2.24, 2.45) is 17.3 Å². The Kier molecular flexibility index (Phi) is 9.65. The van der Waals surface area contributed by atoms with Gasteiger partial charge >= 0.3 is 12.1 Å². The van der Waals surface area contributed by atoms with Crippen LogP contribution in [-0.4, -0.2) is 51.0 Å². The second-order valence-electron chi connectivity index (χ2n) is 10.3. The lowest BCUT2D eigenvalue weighted by molar-refractivity contribution is -0.152. The zero-order chi connectivity index (χ0) is 28.8. The predicted octanol–water partition coefficient (Wildman–Crippen LogP) is 5.66. The molecule has 3 aromatic rings. The molecule has 12 heteroatoms. The average molecular weight is 550 g/mol. The molecule has 0 aliphatic rings. The summed E-state index contributed by atoms with van der Waals surface area (Å²) in [6.07, 6.45) is -0.994. The highest BCUT2D eigenvalue weighted by Crippen LogP contribution is 2.30. The zero-order valence-electron chi connectivity index (χ0n) is 23.0. The van der Waals surface area contributed by atoms with E-state index in [1.54, 1.807) is 44.3 Å². The van der Waals surface area contributed by atoms with E-state index in [1.165, 1.54) is 13.3 Å². The average Bonchev–Trinajstić information content (AvgIpc) is 3.34. The van der Waals surface area contributed by atoms with Crippen molar-refractivity contribution in [2.45, 2.75) is 53.9 Å². The van der Waals surface area contributed by atoms with Crippen molar-refractivity contribution in [3.63, 3.8) is 0 Å². The Balaban J connectivity index is 1.68. The summed E-state index contributed by atoms with van der Waals surface area (Å²) in [6, 6.07) is 6.61. The van der Waals surface area contributed by atoms with Crippen LogP contribution < -0.4 is 4.74 Å². The molecule has 0 spiro atoms. The van der Waals surface area contributed by atoms with Gasteiger partial charge in [-0.05, 0) is 50.3 Å². The van der Waals surface area contributed by atoms with Gasteiger partial charge in [0, 0.05) is 36.2 Å². The Morgan fingerprint density at radius 1 is 1.03 bits per heavy atom. The van der Waals surface area contributed by atoms with Gasteiger partial charge in [0.2, 0.25) is 11.7 Å². The van der Waals surface area contributed by atoms with Crippen LogP contribution in [0.4, 0.5) is 13.2 Å². The number of hydrogen-bond acceptors (Lipinski definition) is 8. The summed E-state index contributed by atoms with van der Waals surface area (Å²) in [5.41, 5.74) is 0.706. The number of esters is 1. The van der Waals surface area contributed by atoms with E-state index >= 15 is 0 Å². The summed E-state index contributed by atoms with van der Waals surface area (Å²) in [7, 11) is 1.32. The second kappa shape index (κ2) is 12.5. The molecule has 1 atom stereocenters. The Hall–Kier alpha value is -3.54. The van der Waals surface area contributed by atoms with Crippen LogP contribution in [0.15, 0.2) is 36.7 Å². The van der Waals surface area contributed by atoms with Gasteiger partial charge in [-0.25, -0.2) is 14.6 Å². The van der Waals surface area contributed by atoms with Crippen molar-refractivity contribution < 1.29 is 32.2 Å². The lowest BCUT2D eigenvalue weighted by atomic mass is 9.95. The highest BCUT2D eigenvalue weighted by molar-refractivity contribution is 5.75. The molecular formula is C27H34F3N5O4. The molecule has 0 radical (unpaired) electrons. The van der Waals surface area contributed by atoms with E-state index in [2.05, 4.69) is 40.8 Å². The quantitative estimate of drug-likeness (QED) is 0.211. The molecule has 0 saturated carbocycles. The fourth-order valence-electron chi connectivity index (χ4n) is 3.42. The van der Waals surface area contributed by atoms with Crippen LogP contribution in [0.5, 0.6) is 5.88 Å². The molecule has 212 valence electrons. The van der Waals surface area contributed by atoms with Gasteiger partial charge in [-0.1, -0.05) is 20.8 Å². The van der Waals surface area contributed by atoms with Crippen LogP contribution in [0.1, 0.15) is 46.9 Å². The molecule has 0 amide bonds. The molecule has 3 aromatic heterocycles. The van der Waals surface area contributed by atoms with E-state index in [0.29, 0.717) is 41.1 Å². The number of ether oxygens (including phenoxy) is 3. The number of rotatable bonds is 12. The van der Waals surface area contributed by atoms with Gasteiger partial charge in [-0.3, -0.25) is 9.78 Å². The summed E-state index contributed by atoms with van der Waals surface area (Å²) in [4.78, 5) is 24.1. The summed E-state index contributed by atoms with van der Waals surface area (Å²) in [5, 5.41) is 4.03. The van der Waals surface area contributed by atoms with E-state index in [-0.39, 0.29) is 19.2 Å². The molecule has 0 unspecified atom stereocenters. The maximum absolute atomic E-state index is 13.6. The first-order valence-corrected chi connectivity index (χ1v) is 12.6. The van der Waals surface area contributed by atoms with Crippen LogP contribution in [0.2, 0.25) is 0 Å². The van der Waals surface area contributed by atoms with Crippen molar-refractivity contribution in [1.29, 1.82) is 0 Å². The first kappa shape index (κ1) is 30.0. The monoisotopic (exact) mass is 549 g/mol. The van der Waals surface area contributed by atoms with E-state index < -0.39 is 23.4 Å². The predicted molar refractivity (Wildman–Crippen MR) is 137 cm³/mol. The molecular weight excluding hydrogens is 515 g/mol. The van der Waals surface area contributed by atoms with Crippen LogP contribution in [0.25, 0.3) is 22.6 Å². The minimum Gasteiger partial charge on any atom is -0.476 e. The first-order valence-electron chi connectivity index (χ1n) is 12.6. The molecule has 3 heterocycles. The number of carbonyl (C=O) groups excluding carboxylic acids is 1. The number of aromatic nitrogens is 5. The molecule has 0 N–H and O–H groups in total. The Labute approximate surface area is 225 Å². The molecule has 3 rings (SSSR count). The number of methoxy groups -OCH3 is 1. The highest BCUT2D eigenvalue weighted by atomic mass is 19.4. The van der Waals surface area contributed by atoms with Crippen LogP contribution in [-0.2, 0) is 27.2 Å². The van der Waals surface area contributed by atoms with Gasteiger partial charge < -0.3 is 14.2 Å². The van der Waals surface area contributed by atoms with Gasteiger partial charge in [0.05, 0.1) is 18.2 Å². The zero-order valence-corrected chi connectivity index (χ0v) is 23.0. The van der Waals surface area contributed by atoms with Crippen molar-refractivity contribution in [2.75, 3.05) is 20.3 Å². The summed E-state index contributed by atoms with van der Waals surface area (Å²) >= 11 is 0. The van der Waals surface area contributed by atoms with Crippen molar-refractivity contribution in [3.05, 3.63) is 42.5 Å². The van der Waals surface area contributed by atoms with Crippen molar-refractivity contribution in [1.82, 2.24) is 24.7 Å². The van der Waals surface area contributed by atoms with Gasteiger partial charge in [-0.15, -0.1) is 5.10 Å². The number of pyridine rings is 2.